The monoisotopic (exact) mass is 396 g/mol. The second kappa shape index (κ2) is 8.17. The molecule has 2 aromatic heterocycles. The molecule has 0 saturated carbocycles. The van der Waals surface area contributed by atoms with Crippen LogP contribution in [0.25, 0.3) is 11.3 Å². The summed E-state index contributed by atoms with van der Waals surface area (Å²) in [7, 11) is 0. The summed E-state index contributed by atoms with van der Waals surface area (Å²) in [5, 5.41) is 2.82. The van der Waals surface area contributed by atoms with Gasteiger partial charge in [0.25, 0.3) is 0 Å². The van der Waals surface area contributed by atoms with Crippen LogP contribution in [0.4, 0.5) is 25.2 Å². The Hall–Kier alpha value is -3.62. The van der Waals surface area contributed by atoms with E-state index in [0.29, 0.717) is 49.1 Å². The summed E-state index contributed by atoms with van der Waals surface area (Å²) in [5.41, 5.74) is 1.62. The van der Waals surface area contributed by atoms with Gasteiger partial charge in [0.1, 0.15) is 0 Å². The van der Waals surface area contributed by atoms with Gasteiger partial charge in [0.2, 0.25) is 5.95 Å². The van der Waals surface area contributed by atoms with Crippen LogP contribution in [0.2, 0.25) is 0 Å². The lowest BCUT2D eigenvalue weighted by Crippen LogP contribution is -2.50. The number of rotatable bonds is 3. The van der Waals surface area contributed by atoms with Crippen molar-refractivity contribution in [3.8, 4) is 11.3 Å². The highest BCUT2D eigenvalue weighted by molar-refractivity contribution is 5.89. The zero-order valence-corrected chi connectivity index (χ0v) is 15.4. The van der Waals surface area contributed by atoms with Crippen molar-refractivity contribution in [2.24, 2.45) is 0 Å². The summed E-state index contributed by atoms with van der Waals surface area (Å²) in [6.07, 6.45) is 4.81. The number of piperazine rings is 1. The fourth-order valence-corrected chi connectivity index (χ4v) is 3.07. The van der Waals surface area contributed by atoms with Crippen molar-refractivity contribution < 1.29 is 13.6 Å². The summed E-state index contributed by atoms with van der Waals surface area (Å²) in [6, 6.07) is 8.66. The smallest absolute Gasteiger partial charge is 0.322 e. The molecule has 0 spiro atoms. The van der Waals surface area contributed by atoms with Crippen LogP contribution >= 0.6 is 0 Å². The van der Waals surface area contributed by atoms with Crippen molar-refractivity contribution in [2.45, 2.75) is 0 Å². The number of anilines is 2. The highest BCUT2D eigenvalue weighted by Gasteiger charge is 2.23. The van der Waals surface area contributed by atoms with Gasteiger partial charge >= 0.3 is 6.03 Å². The average Bonchev–Trinajstić information content (AvgIpc) is 2.76. The highest BCUT2D eigenvalue weighted by Crippen LogP contribution is 2.22. The minimum absolute atomic E-state index is 0.186. The number of carbonyl (C=O) groups is 1. The SMILES string of the molecule is O=C(Nc1cccnc1)N1CCN(c2nccc(-c3ccc(F)c(F)c3)n2)CC1. The molecule has 1 aliphatic heterocycles. The molecule has 0 aliphatic carbocycles. The van der Waals surface area contributed by atoms with Crippen LogP contribution in [0.1, 0.15) is 0 Å². The minimum Gasteiger partial charge on any atom is -0.337 e. The number of hydrogen-bond donors (Lipinski definition) is 1. The quantitative estimate of drug-likeness (QED) is 0.736. The van der Waals surface area contributed by atoms with Crippen LogP contribution in [-0.4, -0.2) is 52.1 Å². The molecule has 4 rings (SSSR count). The predicted octanol–water partition coefficient (Wildman–Crippen LogP) is 3.17. The number of pyridine rings is 1. The maximum atomic E-state index is 13.5. The molecule has 1 saturated heterocycles. The first-order chi connectivity index (χ1) is 14.1. The molecule has 148 valence electrons. The second-order valence-electron chi connectivity index (χ2n) is 6.52. The molecular formula is C20H18F2N6O. The number of hydrogen-bond acceptors (Lipinski definition) is 5. The molecule has 3 aromatic rings. The molecule has 7 nitrogen and oxygen atoms in total. The Bertz CT molecular complexity index is 1010. The molecule has 0 unspecified atom stereocenters. The van der Waals surface area contributed by atoms with Gasteiger partial charge in [-0.05, 0) is 36.4 Å². The van der Waals surface area contributed by atoms with Crippen LogP contribution in [0.5, 0.6) is 0 Å². The third kappa shape index (κ3) is 4.29. The fraction of sp³-hybridized carbons (Fsp3) is 0.200. The van der Waals surface area contributed by atoms with Gasteiger partial charge < -0.3 is 15.1 Å². The lowest BCUT2D eigenvalue weighted by atomic mass is 10.1. The normalized spacial score (nSPS) is 14.0. The third-order valence-corrected chi connectivity index (χ3v) is 4.62. The maximum absolute atomic E-state index is 13.5. The number of carbonyl (C=O) groups excluding carboxylic acids is 1. The van der Waals surface area contributed by atoms with Crippen LogP contribution in [0.15, 0.2) is 55.0 Å². The molecule has 1 aromatic carbocycles. The van der Waals surface area contributed by atoms with Gasteiger partial charge in [-0.1, -0.05) is 0 Å². The van der Waals surface area contributed by atoms with Crippen LogP contribution < -0.4 is 10.2 Å². The standard InChI is InChI=1S/C20H18F2N6O/c21-16-4-3-14(12-17(16)22)18-5-7-24-19(26-18)27-8-10-28(11-9-27)20(29)25-15-2-1-6-23-13-15/h1-7,12-13H,8-11H2,(H,25,29). The third-order valence-electron chi connectivity index (χ3n) is 4.62. The van der Waals surface area contributed by atoms with E-state index in [1.165, 1.54) is 6.07 Å². The minimum atomic E-state index is -0.920. The summed E-state index contributed by atoms with van der Waals surface area (Å²) in [4.78, 5) is 28.8. The first kappa shape index (κ1) is 18.7. The average molecular weight is 396 g/mol. The lowest BCUT2D eigenvalue weighted by Gasteiger charge is -2.34. The molecule has 1 aliphatic rings. The van der Waals surface area contributed by atoms with E-state index in [9.17, 15) is 13.6 Å². The number of urea groups is 1. The van der Waals surface area contributed by atoms with Crippen molar-refractivity contribution >= 4 is 17.7 Å². The lowest BCUT2D eigenvalue weighted by molar-refractivity contribution is 0.208. The van der Waals surface area contributed by atoms with E-state index < -0.39 is 11.6 Å². The van der Waals surface area contributed by atoms with E-state index in [4.69, 9.17) is 0 Å². The zero-order chi connectivity index (χ0) is 20.2. The van der Waals surface area contributed by atoms with Gasteiger partial charge in [0, 0.05) is 44.1 Å². The van der Waals surface area contributed by atoms with Crippen molar-refractivity contribution in [1.29, 1.82) is 0 Å². The Labute approximate surface area is 166 Å². The van der Waals surface area contributed by atoms with E-state index in [1.807, 2.05) is 4.90 Å². The summed E-state index contributed by atoms with van der Waals surface area (Å²) in [5.74, 6) is -1.33. The Morgan fingerprint density at radius 3 is 2.55 bits per heavy atom. The summed E-state index contributed by atoms with van der Waals surface area (Å²) < 4.78 is 26.7. The number of nitrogens with zero attached hydrogens (tertiary/aromatic N) is 5. The topological polar surface area (TPSA) is 74.2 Å². The number of aromatic nitrogens is 3. The van der Waals surface area contributed by atoms with Crippen molar-refractivity contribution in [1.82, 2.24) is 19.9 Å². The molecular weight excluding hydrogens is 378 g/mol. The summed E-state index contributed by atoms with van der Waals surface area (Å²) >= 11 is 0. The molecule has 2 amide bonds. The molecule has 0 bridgehead atoms. The molecule has 9 heteroatoms. The van der Waals surface area contributed by atoms with Crippen LogP contribution in [-0.2, 0) is 0 Å². The number of nitrogens with one attached hydrogen (secondary N) is 1. The van der Waals surface area contributed by atoms with Gasteiger partial charge in [-0.2, -0.15) is 0 Å². The Balaban J connectivity index is 1.41. The van der Waals surface area contributed by atoms with Gasteiger partial charge in [-0.3, -0.25) is 4.98 Å². The fourth-order valence-electron chi connectivity index (χ4n) is 3.07. The Morgan fingerprint density at radius 1 is 1.00 bits per heavy atom. The highest BCUT2D eigenvalue weighted by atomic mass is 19.2. The van der Waals surface area contributed by atoms with Crippen molar-refractivity contribution in [3.63, 3.8) is 0 Å². The first-order valence-electron chi connectivity index (χ1n) is 9.09. The number of amides is 2. The molecule has 0 atom stereocenters. The van der Waals surface area contributed by atoms with E-state index in [2.05, 4.69) is 20.3 Å². The molecule has 0 radical (unpaired) electrons. The van der Waals surface area contributed by atoms with Crippen LogP contribution in [0, 0.1) is 11.6 Å². The van der Waals surface area contributed by atoms with Crippen molar-refractivity contribution in [2.75, 3.05) is 36.4 Å². The van der Waals surface area contributed by atoms with Gasteiger partial charge in [-0.25, -0.2) is 23.5 Å². The van der Waals surface area contributed by atoms with Gasteiger partial charge in [-0.15, -0.1) is 0 Å². The molecule has 1 N–H and O–H groups in total. The van der Waals surface area contributed by atoms with Crippen molar-refractivity contribution in [3.05, 3.63) is 66.6 Å². The first-order valence-corrected chi connectivity index (χ1v) is 9.09. The van der Waals surface area contributed by atoms with E-state index in [0.717, 1.165) is 12.1 Å². The van der Waals surface area contributed by atoms with Gasteiger partial charge in [0.05, 0.1) is 17.6 Å². The van der Waals surface area contributed by atoms with E-state index >= 15 is 0 Å². The maximum Gasteiger partial charge on any atom is 0.322 e. The molecule has 3 heterocycles. The Kier molecular flexibility index (Phi) is 5.28. The van der Waals surface area contributed by atoms with E-state index in [-0.39, 0.29) is 6.03 Å². The van der Waals surface area contributed by atoms with Gasteiger partial charge in [0.15, 0.2) is 11.6 Å². The zero-order valence-electron chi connectivity index (χ0n) is 15.4. The molecule has 1 fully saturated rings. The number of benzene rings is 1. The number of halogens is 2. The molecule has 29 heavy (non-hydrogen) atoms. The summed E-state index contributed by atoms with van der Waals surface area (Å²) in [6.45, 7) is 2.12. The Morgan fingerprint density at radius 2 is 1.83 bits per heavy atom. The second-order valence-corrected chi connectivity index (χ2v) is 6.52. The van der Waals surface area contributed by atoms with Crippen LogP contribution in [0.3, 0.4) is 0 Å². The largest absolute Gasteiger partial charge is 0.337 e. The predicted molar refractivity (Wildman–Crippen MR) is 104 cm³/mol. The van der Waals surface area contributed by atoms with E-state index in [1.54, 1.807) is 41.7 Å².